The number of hydrogen-bond acceptors (Lipinski definition) is 2. The van der Waals surface area contributed by atoms with E-state index in [4.69, 9.17) is 0 Å². The number of nitrogens with zero attached hydrogens (tertiary/aromatic N) is 2. The molecule has 2 aromatic carbocycles. The van der Waals surface area contributed by atoms with Crippen molar-refractivity contribution in [3.63, 3.8) is 0 Å². The molecule has 178 valence electrons. The van der Waals surface area contributed by atoms with E-state index in [9.17, 15) is 0 Å². The summed E-state index contributed by atoms with van der Waals surface area (Å²) < 4.78 is 0. The fourth-order valence-electron chi connectivity index (χ4n) is 5.15. The lowest BCUT2D eigenvalue weighted by atomic mass is 9.88. The lowest BCUT2D eigenvalue weighted by molar-refractivity contribution is 0.00458. The molecule has 2 nitrogen and oxygen atoms in total. The van der Waals surface area contributed by atoms with E-state index in [0.717, 1.165) is 13.1 Å². The van der Waals surface area contributed by atoms with Gasteiger partial charge in [-0.05, 0) is 64.5 Å². The van der Waals surface area contributed by atoms with Crippen LogP contribution in [-0.2, 0) is 0 Å². The minimum absolute atomic E-state index is 0.0778. The second-order valence-corrected chi connectivity index (χ2v) is 11.9. The third-order valence-corrected chi connectivity index (χ3v) is 6.52. The van der Waals surface area contributed by atoms with Crippen molar-refractivity contribution in [3.8, 4) is 0 Å². The first-order chi connectivity index (χ1) is 14.8. The van der Waals surface area contributed by atoms with Crippen LogP contribution in [-0.4, -0.2) is 34.0 Å². The topological polar surface area (TPSA) is 6.48 Å². The van der Waals surface area contributed by atoms with Gasteiger partial charge in [-0.15, -0.1) is 0 Å². The van der Waals surface area contributed by atoms with E-state index in [0.29, 0.717) is 23.9 Å². The van der Waals surface area contributed by atoms with Crippen LogP contribution >= 0.6 is 0 Å². The molecule has 32 heavy (non-hydrogen) atoms. The number of hydrogen-bond donors (Lipinski definition) is 0. The predicted molar refractivity (Wildman–Crippen MR) is 141 cm³/mol. The van der Waals surface area contributed by atoms with E-state index in [2.05, 4.69) is 140 Å². The zero-order valence-electron chi connectivity index (χ0n) is 22.4. The number of rotatable bonds is 9. The van der Waals surface area contributed by atoms with E-state index in [-0.39, 0.29) is 11.1 Å². The molecule has 2 rings (SSSR count). The highest BCUT2D eigenvalue weighted by Gasteiger charge is 2.36. The fourth-order valence-corrected chi connectivity index (χ4v) is 5.15. The Bertz CT molecular complexity index is 712. The van der Waals surface area contributed by atoms with E-state index < -0.39 is 0 Å². The Morgan fingerprint density at radius 3 is 1.03 bits per heavy atom. The highest BCUT2D eigenvalue weighted by Crippen LogP contribution is 2.37. The molecule has 0 aromatic heterocycles. The Morgan fingerprint density at radius 1 is 0.531 bits per heavy atom. The van der Waals surface area contributed by atoms with Crippen molar-refractivity contribution in [1.29, 1.82) is 0 Å². The van der Waals surface area contributed by atoms with Crippen LogP contribution in [0.1, 0.15) is 92.4 Å². The maximum atomic E-state index is 2.73. The highest BCUT2D eigenvalue weighted by atomic mass is 15.3. The first-order valence-corrected chi connectivity index (χ1v) is 12.5. The molecule has 0 N–H and O–H groups in total. The zero-order valence-corrected chi connectivity index (χ0v) is 22.4. The van der Waals surface area contributed by atoms with Crippen molar-refractivity contribution in [2.24, 2.45) is 11.8 Å². The summed E-state index contributed by atoms with van der Waals surface area (Å²) in [4.78, 5) is 5.46. The van der Waals surface area contributed by atoms with E-state index in [1.165, 1.54) is 11.1 Å². The summed E-state index contributed by atoms with van der Waals surface area (Å²) in [6.07, 6.45) is 0. The standard InChI is InChI=1S/C30H48N2/c1-23(2)27(25-17-13-11-14-18-25)31(29(5,6)7)21-22-32(30(8,9)10)28(24(3)4)26-19-15-12-16-20-26/h11-20,23-24,27-28H,21-22H2,1-10H3. The van der Waals surface area contributed by atoms with Gasteiger partial charge in [0.1, 0.15) is 0 Å². The van der Waals surface area contributed by atoms with Gasteiger partial charge in [0.15, 0.2) is 0 Å². The molecule has 0 spiro atoms. The molecule has 2 heteroatoms. The summed E-state index contributed by atoms with van der Waals surface area (Å²) >= 11 is 0. The molecule has 0 aliphatic carbocycles. The summed E-state index contributed by atoms with van der Waals surface area (Å²) in [6, 6.07) is 22.9. The van der Waals surface area contributed by atoms with Gasteiger partial charge >= 0.3 is 0 Å². The maximum absolute atomic E-state index is 2.73. The largest absolute Gasteiger partial charge is 0.290 e. The van der Waals surface area contributed by atoms with Gasteiger partial charge in [0.05, 0.1) is 0 Å². The fraction of sp³-hybridized carbons (Fsp3) is 0.600. The van der Waals surface area contributed by atoms with Crippen LogP contribution < -0.4 is 0 Å². The van der Waals surface area contributed by atoms with E-state index >= 15 is 0 Å². The molecular formula is C30H48N2. The smallest absolute Gasteiger partial charge is 0.0376 e. The molecule has 2 unspecified atom stereocenters. The summed E-state index contributed by atoms with van der Waals surface area (Å²) in [5.41, 5.74) is 2.99. The third-order valence-electron chi connectivity index (χ3n) is 6.52. The summed E-state index contributed by atoms with van der Waals surface area (Å²) in [5.74, 6) is 1.07. The molecule has 0 heterocycles. The van der Waals surface area contributed by atoms with Crippen LogP contribution in [0.5, 0.6) is 0 Å². The van der Waals surface area contributed by atoms with Crippen molar-refractivity contribution < 1.29 is 0 Å². The van der Waals surface area contributed by atoms with Crippen molar-refractivity contribution in [3.05, 3.63) is 71.8 Å². The Morgan fingerprint density at radius 2 is 0.812 bits per heavy atom. The predicted octanol–water partition coefficient (Wildman–Crippen LogP) is 7.98. The molecule has 0 fully saturated rings. The van der Waals surface area contributed by atoms with E-state index in [1.807, 2.05) is 0 Å². The Balaban J connectivity index is 2.41. The lowest BCUT2D eigenvalue weighted by Gasteiger charge is -2.48. The number of benzene rings is 2. The summed E-state index contributed by atoms with van der Waals surface area (Å²) in [5, 5.41) is 0. The van der Waals surface area contributed by atoms with Crippen LogP contribution in [0.4, 0.5) is 0 Å². The monoisotopic (exact) mass is 436 g/mol. The molecule has 0 aliphatic heterocycles. The van der Waals surface area contributed by atoms with Gasteiger partial charge in [0.2, 0.25) is 0 Å². The van der Waals surface area contributed by atoms with Gasteiger partial charge in [-0.25, -0.2) is 0 Å². The van der Waals surface area contributed by atoms with Crippen LogP contribution in [0.3, 0.4) is 0 Å². The van der Waals surface area contributed by atoms with Crippen molar-refractivity contribution >= 4 is 0 Å². The van der Waals surface area contributed by atoms with Gasteiger partial charge in [-0.1, -0.05) is 88.4 Å². The van der Waals surface area contributed by atoms with Gasteiger partial charge in [0, 0.05) is 36.3 Å². The van der Waals surface area contributed by atoms with Crippen molar-refractivity contribution in [2.45, 2.75) is 92.4 Å². The van der Waals surface area contributed by atoms with E-state index in [1.54, 1.807) is 0 Å². The molecule has 0 amide bonds. The SMILES string of the molecule is CC(C)C(c1ccccc1)N(CCN(C(c1ccccc1)C(C)C)C(C)(C)C)C(C)(C)C. The summed E-state index contributed by atoms with van der Waals surface area (Å²) in [7, 11) is 0. The Hall–Kier alpha value is -1.64. The van der Waals surface area contributed by atoms with Crippen molar-refractivity contribution in [1.82, 2.24) is 9.80 Å². The molecule has 2 atom stereocenters. The normalized spacial score (nSPS) is 15.1. The Labute approximate surface area is 199 Å². The van der Waals surface area contributed by atoms with Gasteiger partial charge in [-0.2, -0.15) is 0 Å². The van der Waals surface area contributed by atoms with Crippen LogP contribution in [0.2, 0.25) is 0 Å². The van der Waals surface area contributed by atoms with Gasteiger partial charge in [-0.3, -0.25) is 9.80 Å². The summed E-state index contributed by atoms with van der Waals surface area (Å²) in [6.45, 7) is 25.7. The first-order valence-electron chi connectivity index (χ1n) is 12.5. The zero-order chi connectivity index (χ0) is 24.1. The highest BCUT2D eigenvalue weighted by molar-refractivity contribution is 5.22. The van der Waals surface area contributed by atoms with Crippen LogP contribution in [0.15, 0.2) is 60.7 Å². The molecule has 0 saturated carbocycles. The van der Waals surface area contributed by atoms with Gasteiger partial charge < -0.3 is 0 Å². The second kappa shape index (κ2) is 11.0. The first kappa shape index (κ1) is 26.6. The molecule has 0 saturated heterocycles. The van der Waals surface area contributed by atoms with Crippen LogP contribution in [0.25, 0.3) is 0 Å². The average Bonchev–Trinajstić information content (AvgIpc) is 2.69. The molecule has 0 bridgehead atoms. The quantitative estimate of drug-likeness (QED) is 0.393. The van der Waals surface area contributed by atoms with Gasteiger partial charge in [0.25, 0.3) is 0 Å². The molecule has 0 aliphatic rings. The molecule has 2 aromatic rings. The maximum Gasteiger partial charge on any atom is 0.0376 e. The minimum Gasteiger partial charge on any atom is -0.290 e. The molecular weight excluding hydrogens is 388 g/mol. The molecule has 0 radical (unpaired) electrons. The second-order valence-electron chi connectivity index (χ2n) is 11.9. The lowest BCUT2D eigenvalue weighted by Crippen LogP contribution is -2.53. The van der Waals surface area contributed by atoms with Crippen molar-refractivity contribution in [2.75, 3.05) is 13.1 Å². The third kappa shape index (κ3) is 6.93. The minimum atomic E-state index is 0.0778. The Kier molecular flexibility index (Phi) is 9.14. The van der Waals surface area contributed by atoms with Crippen LogP contribution in [0, 0.1) is 11.8 Å². The average molecular weight is 437 g/mol.